The van der Waals surface area contributed by atoms with Crippen molar-refractivity contribution in [3.8, 4) is 0 Å². The van der Waals surface area contributed by atoms with E-state index in [2.05, 4.69) is 22.1 Å². The van der Waals surface area contributed by atoms with Crippen LogP contribution in [0.3, 0.4) is 0 Å². The Labute approximate surface area is 124 Å². The molecule has 2 heterocycles. The second kappa shape index (κ2) is 7.59. The minimum atomic E-state index is -0.772. The third-order valence-corrected chi connectivity index (χ3v) is 4.32. The number of hydrogen-bond acceptors (Lipinski definition) is 5. The first-order valence-electron chi connectivity index (χ1n) is 7.28. The van der Waals surface area contributed by atoms with Gasteiger partial charge in [0.1, 0.15) is 0 Å². The number of carboxylic acids is 1. The molecule has 0 bridgehead atoms. The minimum Gasteiger partial charge on any atom is -0.481 e. The average molecular weight is 297 g/mol. The average Bonchev–Trinajstić information content (AvgIpc) is 2.85. The lowest BCUT2D eigenvalue weighted by molar-refractivity contribution is -0.136. The number of likely N-dealkylation sites (tertiary alicyclic amines) is 1. The van der Waals surface area contributed by atoms with Gasteiger partial charge < -0.3 is 15.3 Å². The normalized spacial score (nSPS) is 17.9. The summed E-state index contributed by atoms with van der Waals surface area (Å²) >= 11 is 1.56. The number of aliphatic carboxylic acids is 1. The lowest BCUT2D eigenvalue weighted by Crippen LogP contribution is -2.38. The predicted octanol–water partition coefficient (Wildman–Crippen LogP) is 2.45. The Morgan fingerprint density at radius 1 is 1.50 bits per heavy atom. The highest BCUT2D eigenvalue weighted by atomic mass is 32.1. The zero-order chi connectivity index (χ0) is 14.4. The van der Waals surface area contributed by atoms with Crippen molar-refractivity contribution in [2.24, 2.45) is 0 Å². The van der Waals surface area contributed by atoms with Gasteiger partial charge in [-0.25, -0.2) is 4.98 Å². The van der Waals surface area contributed by atoms with Gasteiger partial charge in [0.25, 0.3) is 0 Å². The number of thiazole rings is 1. The molecule has 0 radical (unpaired) electrons. The smallest absolute Gasteiger partial charge is 0.303 e. The van der Waals surface area contributed by atoms with Crippen LogP contribution in [-0.4, -0.2) is 46.6 Å². The Hall–Kier alpha value is -1.14. The number of aryl methyl sites for hydroxylation is 1. The third-order valence-electron chi connectivity index (χ3n) is 3.50. The first kappa shape index (κ1) is 15.3. The first-order valence-corrected chi connectivity index (χ1v) is 8.16. The molecule has 1 fully saturated rings. The lowest BCUT2D eigenvalue weighted by Gasteiger charge is -2.29. The summed E-state index contributed by atoms with van der Waals surface area (Å²) in [4.78, 5) is 17.5. The van der Waals surface area contributed by atoms with Crippen molar-refractivity contribution >= 4 is 22.4 Å². The lowest BCUT2D eigenvalue weighted by atomic mass is 10.1. The van der Waals surface area contributed by atoms with Crippen LogP contribution in [0.25, 0.3) is 0 Å². The molecule has 1 aromatic heterocycles. The molecule has 1 aliphatic heterocycles. The largest absolute Gasteiger partial charge is 0.481 e. The fourth-order valence-electron chi connectivity index (χ4n) is 2.51. The molecule has 1 unspecified atom stereocenters. The second-order valence-electron chi connectivity index (χ2n) is 5.44. The maximum Gasteiger partial charge on any atom is 0.303 e. The van der Waals surface area contributed by atoms with E-state index in [9.17, 15) is 4.79 Å². The van der Waals surface area contributed by atoms with Crippen LogP contribution in [0.1, 0.15) is 38.3 Å². The summed E-state index contributed by atoms with van der Waals surface area (Å²) < 4.78 is 0. The molecule has 6 heteroatoms. The molecule has 20 heavy (non-hydrogen) atoms. The summed E-state index contributed by atoms with van der Waals surface area (Å²) in [6.07, 6.45) is 4.63. The predicted molar refractivity (Wildman–Crippen MR) is 81.4 cm³/mol. The van der Waals surface area contributed by atoms with E-state index in [1.807, 2.05) is 5.38 Å². The summed E-state index contributed by atoms with van der Waals surface area (Å²) in [6, 6.07) is 0.367. The molecule has 0 aromatic carbocycles. The van der Waals surface area contributed by atoms with Crippen LogP contribution in [0, 0.1) is 0 Å². The van der Waals surface area contributed by atoms with E-state index >= 15 is 0 Å². The zero-order valence-corrected chi connectivity index (χ0v) is 12.8. The van der Waals surface area contributed by atoms with Crippen molar-refractivity contribution in [1.29, 1.82) is 0 Å². The van der Waals surface area contributed by atoms with E-state index < -0.39 is 5.97 Å². The van der Waals surface area contributed by atoms with Gasteiger partial charge in [-0.05, 0) is 32.9 Å². The maximum absolute atomic E-state index is 10.5. The standard InChI is InChI=1S/C14H23N3O2S/c1-11(9-17-7-3-2-4-8-17)15-14-16-12(10-20-14)5-6-13(18)19/h10-11H,2-9H2,1H3,(H,15,16)(H,18,19). The number of piperidine rings is 1. The van der Waals surface area contributed by atoms with Crippen molar-refractivity contribution in [3.05, 3.63) is 11.1 Å². The second-order valence-corrected chi connectivity index (χ2v) is 6.30. The molecule has 1 saturated heterocycles. The van der Waals surface area contributed by atoms with Gasteiger partial charge in [-0.3, -0.25) is 4.79 Å². The Balaban J connectivity index is 1.75. The van der Waals surface area contributed by atoms with Crippen LogP contribution >= 0.6 is 11.3 Å². The Kier molecular flexibility index (Phi) is 5.79. The Morgan fingerprint density at radius 3 is 2.95 bits per heavy atom. The first-order chi connectivity index (χ1) is 9.63. The summed E-state index contributed by atoms with van der Waals surface area (Å²) in [6.45, 7) is 5.62. The quantitative estimate of drug-likeness (QED) is 0.809. The molecule has 1 aliphatic rings. The van der Waals surface area contributed by atoms with Crippen LogP contribution in [0.15, 0.2) is 5.38 Å². The molecular formula is C14H23N3O2S. The number of carbonyl (C=O) groups is 1. The Bertz CT molecular complexity index is 430. The molecule has 0 aliphatic carbocycles. The molecular weight excluding hydrogens is 274 g/mol. The number of nitrogens with zero attached hydrogens (tertiary/aromatic N) is 2. The highest BCUT2D eigenvalue weighted by molar-refractivity contribution is 7.13. The highest BCUT2D eigenvalue weighted by Gasteiger charge is 2.14. The monoisotopic (exact) mass is 297 g/mol. The molecule has 1 atom stereocenters. The number of carboxylic acid groups (broad SMARTS) is 1. The van der Waals surface area contributed by atoms with Gasteiger partial charge in [0.2, 0.25) is 0 Å². The molecule has 112 valence electrons. The molecule has 1 aromatic rings. The molecule has 0 saturated carbocycles. The van der Waals surface area contributed by atoms with Crippen LogP contribution in [0.4, 0.5) is 5.13 Å². The number of anilines is 1. The van der Waals surface area contributed by atoms with Gasteiger partial charge in [-0.15, -0.1) is 11.3 Å². The van der Waals surface area contributed by atoms with E-state index in [-0.39, 0.29) is 6.42 Å². The SMILES string of the molecule is CC(CN1CCCCC1)Nc1nc(CCC(=O)O)cs1. The number of aromatic nitrogens is 1. The summed E-state index contributed by atoms with van der Waals surface area (Å²) in [5.41, 5.74) is 0.866. The van der Waals surface area contributed by atoms with Crippen molar-refractivity contribution < 1.29 is 9.90 Å². The zero-order valence-electron chi connectivity index (χ0n) is 12.0. The van der Waals surface area contributed by atoms with Crippen molar-refractivity contribution in [3.63, 3.8) is 0 Å². The highest BCUT2D eigenvalue weighted by Crippen LogP contribution is 2.18. The van der Waals surface area contributed by atoms with Crippen LogP contribution in [-0.2, 0) is 11.2 Å². The summed E-state index contributed by atoms with van der Waals surface area (Å²) in [5.74, 6) is -0.772. The maximum atomic E-state index is 10.5. The number of nitrogens with one attached hydrogen (secondary N) is 1. The fraction of sp³-hybridized carbons (Fsp3) is 0.714. The van der Waals surface area contributed by atoms with Crippen molar-refractivity contribution in [1.82, 2.24) is 9.88 Å². The number of rotatable bonds is 7. The summed E-state index contributed by atoms with van der Waals surface area (Å²) in [5, 5.41) is 14.9. The van der Waals surface area contributed by atoms with Crippen LogP contribution in [0.2, 0.25) is 0 Å². The van der Waals surface area contributed by atoms with E-state index in [1.165, 1.54) is 32.4 Å². The van der Waals surface area contributed by atoms with Gasteiger partial charge in [-0.1, -0.05) is 6.42 Å². The Morgan fingerprint density at radius 2 is 2.25 bits per heavy atom. The van der Waals surface area contributed by atoms with Crippen LogP contribution in [0.5, 0.6) is 0 Å². The summed E-state index contributed by atoms with van der Waals surface area (Å²) in [7, 11) is 0. The van der Waals surface area contributed by atoms with Gasteiger partial charge in [0.05, 0.1) is 12.1 Å². The van der Waals surface area contributed by atoms with Crippen molar-refractivity contribution in [2.45, 2.75) is 45.1 Å². The molecule has 0 spiro atoms. The molecule has 2 rings (SSSR count). The van der Waals surface area contributed by atoms with Crippen LogP contribution < -0.4 is 5.32 Å². The number of hydrogen-bond donors (Lipinski definition) is 2. The molecule has 2 N–H and O–H groups in total. The topological polar surface area (TPSA) is 65.5 Å². The third kappa shape index (κ3) is 5.09. The molecule has 5 nitrogen and oxygen atoms in total. The van der Waals surface area contributed by atoms with Gasteiger partial charge >= 0.3 is 5.97 Å². The fourth-order valence-corrected chi connectivity index (χ4v) is 3.37. The van der Waals surface area contributed by atoms with Gasteiger partial charge in [0.15, 0.2) is 5.13 Å². The van der Waals surface area contributed by atoms with Crippen molar-refractivity contribution in [2.75, 3.05) is 25.0 Å². The van der Waals surface area contributed by atoms with Gasteiger partial charge in [-0.2, -0.15) is 0 Å². The van der Waals surface area contributed by atoms with Gasteiger partial charge in [0, 0.05) is 24.4 Å². The molecule has 0 amide bonds. The minimum absolute atomic E-state index is 0.145. The van der Waals surface area contributed by atoms with E-state index in [1.54, 1.807) is 11.3 Å². The van der Waals surface area contributed by atoms with E-state index in [4.69, 9.17) is 5.11 Å². The van der Waals surface area contributed by atoms with E-state index in [0.29, 0.717) is 12.5 Å². The van der Waals surface area contributed by atoms with E-state index in [0.717, 1.165) is 17.4 Å².